The van der Waals surface area contributed by atoms with Crippen LogP contribution in [0.4, 0.5) is 0 Å². The maximum Gasteiger partial charge on any atom is 0.164 e. The molecule has 69 heavy (non-hydrogen) atoms. The number of hydrogen-bond donors (Lipinski definition) is 0. The summed E-state index contributed by atoms with van der Waals surface area (Å²) in [4.78, 5) is 25.3. The Labute approximate surface area is 399 Å². The molecule has 0 radical (unpaired) electrons. The number of fused-ring (bicyclic) bond motifs is 4. The van der Waals surface area contributed by atoms with Crippen molar-refractivity contribution in [1.29, 1.82) is 0 Å². The normalized spacial score (nSPS) is 11.1. The molecule has 0 aliphatic carbocycles. The van der Waals surface area contributed by atoms with Gasteiger partial charge < -0.3 is 0 Å². The first-order valence-corrected chi connectivity index (χ1v) is 22.8. The minimum atomic E-state index is 0.576. The number of rotatable bonds is 7. The largest absolute Gasteiger partial charge is 0.236 e. The summed E-state index contributed by atoms with van der Waals surface area (Å²) in [6.45, 7) is 2.09. The minimum absolute atomic E-state index is 0.576. The fraction of sp³-hybridized carbons (Fsp3) is 0.0156. The van der Waals surface area contributed by atoms with E-state index in [1.807, 2.05) is 36.5 Å². The van der Waals surface area contributed by atoms with Gasteiger partial charge in [-0.25, -0.2) is 24.9 Å². The molecule has 0 aliphatic heterocycles. The van der Waals surface area contributed by atoms with Crippen LogP contribution in [-0.2, 0) is 0 Å². The van der Waals surface area contributed by atoms with Crippen molar-refractivity contribution in [2.45, 2.75) is 6.92 Å². The highest BCUT2D eigenvalue weighted by molar-refractivity contribution is 6.01. The van der Waals surface area contributed by atoms with E-state index in [-0.39, 0.29) is 0 Å². The molecule has 0 saturated heterocycles. The number of para-hydroxylation sites is 1. The predicted octanol–water partition coefficient (Wildman–Crippen LogP) is 15.2. The number of terminal acetylenes is 1. The summed E-state index contributed by atoms with van der Waals surface area (Å²) in [5.41, 5.74) is 13.0. The molecule has 10 aromatic carbocycles. The molecule has 0 amide bonds. The highest BCUT2D eigenvalue weighted by Gasteiger charge is 2.17. The molecule has 2 aromatic heterocycles. The summed E-state index contributed by atoms with van der Waals surface area (Å²) in [5.74, 6) is 11.0. The molecular weight excluding hydrogens is 839 g/mol. The molecule has 0 fully saturated rings. The van der Waals surface area contributed by atoms with Crippen molar-refractivity contribution in [3.8, 4) is 103 Å². The Bertz CT molecular complexity index is 4000. The van der Waals surface area contributed by atoms with Crippen LogP contribution >= 0.6 is 0 Å². The van der Waals surface area contributed by atoms with Gasteiger partial charge in [0.05, 0.1) is 5.52 Å². The number of aromatic nitrogens is 5. The molecule has 0 atom stereocenters. The summed E-state index contributed by atoms with van der Waals surface area (Å²) in [7, 11) is 0. The van der Waals surface area contributed by atoms with Crippen LogP contribution in [0.25, 0.3) is 122 Å². The first-order valence-electron chi connectivity index (χ1n) is 22.8. The Hall–Kier alpha value is -9.55. The Morgan fingerprint density at radius 3 is 1.45 bits per heavy atom. The Balaban J connectivity index is 1.01. The van der Waals surface area contributed by atoms with Crippen LogP contribution in [0.2, 0.25) is 0 Å². The molecular formula is C64H39N5. The third kappa shape index (κ3) is 7.91. The van der Waals surface area contributed by atoms with Crippen LogP contribution in [0, 0.1) is 31.1 Å². The molecule has 0 N–H and O–H groups in total. The average molecular weight is 878 g/mol. The fourth-order valence-electron chi connectivity index (χ4n) is 9.29. The Kier molecular flexibility index (Phi) is 10.3. The van der Waals surface area contributed by atoms with E-state index in [1.54, 1.807) is 0 Å². The van der Waals surface area contributed by atoms with Crippen molar-refractivity contribution in [3.63, 3.8) is 0 Å². The Morgan fingerprint density at radius 2 is 0.841 bits per heavy atom. The van der Waals surface area contributed by atoms with Crippen LogP contribution in [0.1, 0.15) is 11.1 Å². The van der Waals surface area contributed by atoms with E-state index < -0.39 is 0 Å². The average Bonchev–Trinajstić information content (AvgIpc) is 3.42. The SMILES string of the molecule is C#CC#Cc1c(C)cc(-c2ccc(-c3cc(-c4ccc(-c5ncc6ccccc6n5)cc4)cc(-c4nc(-c5ccc6ccccc6c5)nc(-c5ccc6ccccc6c5)n4)c3)cc2)c2ccccc12. The second kappa shape index (κ2) is 17.3. The van der Waals surface area contributed by atoms with Crippen LogP contribution < -0.4 is 0 Å². The van der Waals surface area contributed by atoms with Gasteiger partial charge in [-0.2, -0.15) is 0 Å². The van der Waals surface area contributed by atoms with Gasteiger partial charge in [-0.3, -0.25) is 0 Å². The third-order valence-electron chi connectivity index (χ3n) is 12.8. The lowest BCUT2D eigenvalue weighted by molar-refractivity contribution is 1.08. The molecule has 0 aliphatic rings. The zero-order valence-corrected chi connectivity index (χ0v) is 37.5. The molecule has 0 spiro atoms. The van der Waals surface area contributed by atoms with Gasteiger partial charge in [-0.1, -0.05) is 170 Å². The van der Waals surface area contributed by atoms with Gasteiger partial charge in [0.25, 0.3) is 0 Å². The zero-order chi connectivity index (χ0) is 46.3. The lowest BCUT2D eigenvalue weighted by Gasteiger charge is -2.14. The van der Waals surface area contributed by atoms with E-state index in [0.717, 1.165) is 110 Å². The van der Waals surface area contributed by atoms with Crippen LogP contribution in [0.15, 0.2) is 212 Å². The van der Waals surface area contributed by atoms with Crippen molar-refractivity contribution in [2.24, 2.45) is 0 Å². The van der Waals surface area contributed by atoms with Gasteiger partial charge in [-0.15, -0.1) is 6.42 Å². The molecule has 0 saturated carbocycles. The van der Waals surface area contributed by atoms with Gasteiger partial charge >= 0.3 is 0 Å². The molecule has 0 bridgehead atoms. The second-order valence-corrected chi connectivity index (χ2v) is 17.2. The van der Waals surface area contributed by atoms with Gasteiger partial charge in [0.2, 0.25) is 0 Å². The molecule has 320 valence electrons. The lowest BCUT2D eigenvalue weighted by Crippen LogP contribution is -2.01. The van der Waals surface area contributed by atoms with Crippen molar-refractivity contribution in [2.75, 3.05) is 0 Å². The minimum Gasteiger partial charge on any atom is -0.236 e. The van der Waals surface area contributed by atoms with Crippen LogP contribution in [-0.4, -0.2) is 24.9 Å². The van der Waals surface area contributed by atoms with Crippen molar-refractivity contribution < 1.29 is 0 Å². The summed E-state index contributed by atoms with van der Waals surface area (Å²) >= 11 is 0. The lowest BCUT2D eigenvalue weighted by atomic mass is 9.90. The molecule has 5 nitrogen and oxygen atoms in total. The fourth-order valence-corrected chi connectivity index (χ4v) is 9.29. The summed E-state index contributed by atoms with van der Waals surface area (Å²) in [5, 5.41) is 7.76. The van der Waals surface area contributed by atoms with Gasteiger partial charge in [0, 0.05) is 39.4 Å². The van der Waals surface area contributed by atoms with Gasteiger partial charge in [-0.05, 0) is 132 Å². The first-order chi connectivity index (χ1) is 34.0. The Morgan fingerprint density at radius 1 is 0.362 bits per heavy atom. The second-order valence-electron chi connectivity index (χ2n) is 17.2. The van der Waals surface area contributed by atoms with Crippen molar-refractivity contribution >= 4 is 43.2 Å². The molecule has 12 aromatic rings. The highest BCUT2D eigenvalue weighted by atomic mass is 15.0. The van der Waals surface area contributed by atoms with Crippen LogP contribution in [0.3, 0.4) is 0 Å². The summed E-state index contributed by atoms with van der Waals surface area (Å²) in [6.07, 6.45) is 7.42. The number of hydrogen-bond acceptors (Lipinski definition) is 5. The van der Waals surface area contributed by atoms with E-state index in [4.69, 9.17) is 31.3 Å². The number of benzene rings is 10. The van der Waals surface area contributed by atoms with Gasteiger partial charge in [0.1, 0.15) is 0 Å². The topological polar surface area (TPSA) is 64.5 Å². The van der Waals surface area contributed by atoms with Crippen molar-refractivity contribution in [3.05, 3.63) is 224 Å². The maximum absolute atomic E-state index is 5.54. The molecule has 0 unspecified atom stereocenters. The first kappa shape index (κ1) is 40.9. The standard InChI is InChI=1S/C64H39N5/c1-3-4-18-56-41(2)34-59(58-20-11-10-19-57(56)58)46-28-22-44(23-29-46)53-37-54(45-24-30-47(31-25-45)61-65-40-52-17-9-12-21-60(52)66-61)39-55(38-53)64-68-62(50-32-26-42-13-5-7-15-48(42)35-50)67-63(69-64)51-33-27-43-14-6-8-16-49(43)36-51/h1,5-17,19-40H,2H3. The number of nitrogens with zero attached hydrogens (tertiary/aromatic N) is 5. The molecule has 2 heterocycles. The summed E-state index contributed by atoms with van der Waals surface area (Å²) < 4.78 is 0. The third-order valence-corrected chi connectivity index (χ3v) is 12.8. The highest BCUT2D eigenvalue weighted by Crippen LogP contribution is 2.38. The monoisotopic (exact) mass is 877 g/mol. The van der Waals surface area contributed by atoms with E-state index >= 15 is 0 Å². The number of aryl methyl sites for hydroxylation is 1. The van der Waals surface area contributed by atoms with E-state index in [2.05, 4.69) is 201 Å². The predicted molar refractivity (Wildman–Crippen MR) is 284 cm³/mol. The maximum atomic E-state index is 5.54. The summed E-state index contributed by atoms with van der Waals surface area (Å²) in [6, 6.07) is 72.0. The van der Waals surface area contributed by atoms with E-state index in [1.165, 1.54) is 0 Å². The van der Waals surface area contributed by atoms with E-state index in [0.29, 0.717) is 23.3 Å². The molecule has 12 rings (SSSR count). The smallest absolute Gasteiger partial charge is 0.164 e. The van der Waals surface area contributed by atoms with Crippen molar-refractivity contribution in [1.82, 2.24) is 24.9 Å². The van der Waals surface area contributed by atoms with E-state index in [9.17, 15) is 0 Å². The zero-order valence-electron chi connectivity index (χ0n) is 37.5. The van der Waals surface area contributed by atoms with Gasteiger partial charge in [0.15, 0.2) is 23.3 Å². The molecule has 5 heteroatoms. The van der Waals surface area contributed by atoms with Crippen LogP contribution in [0.5, 0.6) is 0 Å². The quantitative estimate of drug-likeness (QED) is 0.149.